The first kappa shape index (κ1) is 42.4. The fourth-order valence-corrected chi connectivity index (χ4v) is 9.45. The van der Waals surface area contributed by atoms with Crippen molar-refractivity contribution in [3.8, 4) is 5.75 Å². The number of amides is 3. The van der Waals surface area contributed by atoms with Crippen LogP contribution in [-0.4, -0.2) is 116 Å². The Balaban J connectivity index is 0.889. The first-order valence-corrected chi connectivity index (χ1v) is 21.9. The molecule has 3 amide bonds. The summed E-state index contributed by atoms with van der Waals surface area (Å²) in [5, 5.41) is 13.5. The van der Waals surface area contributed by atoms with Crippen molar-refractivity contribution < 1.29 is 23.5 Å². The fraction of sp³-hybridized carbons (Fsp3) is 0.383. The van der Waals surface area contributed by atoms with E-state index in [1.165, 1.54) is 4.57 Å². The fourth-order valence-electron chi connectivity index (χ4n) is 9.45. The van der Waals surface area contributed by atoms with Crippen molar-refractivity contribution in [2.75, 3.05) is 63.1 Å². The number of para-hydroxylation sites is 1. The lowest BCUT2D eigenvalue weighted by Crippen LogP contribution is -2.47. The Labute approximate surface area is 369 Å². The number of nitrogens with zero attached hydrogens (tertiary/aromatic N) is 9. The maximum Gasteiger partial charge on any atom is 0.329 e. The number of fused-ring (bicyclic) bond motifs is 1. The molecule has 4 aliphatic rings. The smallest absolute Gasteiger partial charge is 0.329 e. The summed E-state index contributed by atoms with van der Waals surface area (Å²) in [5.41, 5.74) is 6.32. The van der Waals surface area contributed by atoms with Crippen LogP contribution in [0.4, 0.5) is 15.9 Å². The summed E-state index contributed by atoms with van der Waals surface area (Å²) in [6.45, 7) is 5.36. The lowest BCUT2D eigenvalue weighted by Gasteiger charge is -2.36. The molecule has 5 aromatic rings. The highest BCUT2D eigenvalue weighted by molar-refractivity contribution is 6.00. The van der Waals surface area contributed by atoms with Crippen LogP contribution in [-0.2, 0) is 34.4 Å². The average molecular weight is 870 g/mol. The molecule has 332 valence electrons. The molecular weight excluding hydrogens is 818 g/mol. The van der Waals surface area contributed by atoms with Crippen LogP contribution in [0.5, 0.6) is 5.75 Å². The molecule has 17 heteroatoms. The summed E-state index contributed by atoms with van der Waals surface area (Å²) in [5.74, 6) is 0.188. The van der Waals surface area contributed by atoms with Crippen LogP contribution in [0.1, 0.15) is 49.3 Å². The molecule has 6 heterocycles. The third-order valence-electron chi connectivity index (χ3n) is 12.8. The molecular formula is C47H52FN11O5. The van der Waals surface area contributed by atoms with Gasteiger partial charge in [0.25, 0.3) is 0 Å². The van der Waals surface area contributed by atoms with Crippen LogP contribution in [0, 0.1) is 0 Å². The molecule has 0 spiro atoms. The number of halogens is 1. The molecule has 2 N–H and O–H groups in total. The highest BCUT2D eigenvalue weighted by Gasteiger charge is 2.33. The van der Waals surface area contributed by atoms with Crippen LogP contribution < -0.4 is 26.0 Å². The number of anilines is 2. The van der Waals surface area contributed by atoms with Crippen molar-refractivity contribution in [2.45, 2.75) is 57.2 Å². The average Bonchev–Trinajstić information content (AvgIpc) is 3.94. The van der Waals surface area contributed by atoms with E-state index in [0.29, 0.717) is 61.6 Å². The van der Waals surface area contributed by atoms with Crippen molar-refractivity contribution in [3.63, 3.8) is 0 Å². The third-order valence-corrected chi connectivity index (χ3v) is 12.8. The summed E-state index contributed by atoms with van der Waals surface area (Å²) in [4.78, 5) is 62.3. The largest absolute Gasteiger partial charge is 0.496 e. The maximum atomic E-state index is 16.7. The number of nitrogens with one attached hydrogen (secondary N) is 2. The van der Waals surface area contributed by atoms with Gasteiger partial charge in [-0.3, -0.25) is 38.4 Å². The van der Waals surface area contributed by atoms with Gasteiger partial charge in [-0.2, -0.15) is 0 Å². The van der Waals surface area contributed by atoms with E-state index in [9.17, 15) is 19.2 Å². The summed E-state index contributed by atoms with van der Waals surface area (Å²) in [7, 11) is 3.40. The highest BCUT2D eigenvalue weighted by Crippen LogP contribution is 2.41. The van der Waals surface area contributed by atoms with Crippen molar-refractivity contribution in [1.82, 2.24) is 44.2 Å². The summed E-state index contributed by atoms with van der Waals surface area (Å²) in [6, 6.07) is 16.2. The highest BCUT2D eigenvalue weighted by atomic mass is 19.1. The van der Waals surface area contributed by atoms with E-state index in [1.807, 2.05) is 48.6 Å². The van der Waals surface area contributed by atoms with Crippen molar-refractivity contribution in [3.05, 3.63) is 124 Å². The Morgan fingerprint density at radius 2 is 1.84 bits per heavy atom. The number of aryl methyl sites for hydroxylation is 2. The van der Waals surface area contributed by atoms with Gasteiger partial charge in [0, 0.05) is 101 Å². The number of carbonyl (C=O) groups is 3. The summed E-state index contributed by atoms with van der Waals surface area (Å²) < 4.78 is 27.5. The summed E-state index contributed by atoms with van der Waals surface area (Å²) in [6.07, 6.45) is 11.4. The second kappa shape index (κ2) is 18.5. The second-order valence-electron chi connectivity index (χ2n) is 16.7. The van der Waals surface area contributed by atoms with Crippen LogP contribution >= 0.6 is 0 Å². The first-order chi connectivity index (χ1) is 31.1. The molecule has 0 bridgehead atoms. The number of rotatable bonds is 13. The number of benzene rings is 2. The molecule has 0 saturated carbocycles. The molecule has 9 rings (SSSR count). The van der Waals surface area contributed by atoms with Gasteiger partial charge in [0.2, 0.25) is 17.7 Å². The Hall–Kier alpha value is -6.88. The topological polar surface area (TPSA) is 165 Å². The Morgan fingerprint density at radius 3 is 2.61 bits per heavy atom. The number of carbonyl (C=O) groups excluding carboxylic acids is 3. The number of aromatic nitrogens is 6. The molecule has 3 aliphatic heterocycles. The maximum absolute atomic E-state index is 16.7. The molecule has 16 nitrogen and oxygen atoms in total. The van der Waals surface area contributed by atoms with E-state index >= 15 is 4.39 Å². The molecule has 2 aromatic carbocycles. The Morgan fingerprint density at radius 1 is 0.984 bits per heavy atom. The number of ether oxygens (including phenoxy) is 1. The summed E-state index contributed by atoms with van der Waals surface area (Å²) >= 11 is 0. The van der Waals surface area contributed by atoms with E-state index in [0.717, 1.165) is 72.6 Å². The van der Waals surface area contributed by atoms with Crippen LogP contribution in [0.15, 0.2) is 107 Å². The van der Waals surface area contributed by atoms with Crippen LogP contribution in [0.3, 0.4) is 0 Å². The quantitative estimate of drug-likeness (QED) is 0.161. The van der Waals surface area contributed by atoms with Gasteiger partial charge >= 0.3 is 5.69 Å². The standard InChI is InChI=1S/C47H52FN11O5/c1-54-45-31(7-5-9-38(45)59(47(54)63)39-13-14-42(60)52-46(39)62)15-20-55-23-25-56(26-24-55)34-11-12-35(40(29-34)64-2)33-27-36(44(48)37(28-33)51-41-10-3-4-17-49-41)32-8-6-19-57(30-32)43(61)16-21-58-22-18-50-53-58/h3-5,7-12,17-18,22,27,29,37,39H,6,13-16,19-21,23-26,28,30H2,1-2H3,(H,49,51)(H,52,60,62). The van der Waals surface area contributed by atoms with Crippen molar-refractivity contribution in [2.24, 2.45) is 7.05 Å². The third kappa shape index (κ3) is 8.71. The molecule has 2 saturated heterocycles. The number of methoxy groups -OCH3 is 1. The van der Waals surface area contributed by atoms with Crippen molar-refractivity contribution in [1.29, 1.82) is 0 Å². The number of imidazole rings is 1. The number of hydrogen-bond donors (Lipinski definition) is 2. The van der Waals surface area contributed by atoms with Crippen molar-refractivity contribution >= 4 is 45.8 Å². The van der Waals surface area contributed by atoms with Gasteiger partial charge in [-0.15, -0.1) is 5.10 Å². The molecule has 2 fully saturated rings. The zero-order valence-electron chi connectivity index (χ0n) is 36.1. The minimum absolute atomic E-state index is 0.0201. The lowest BCUT2D eigenvalue weighted by molar-refractivity contribution is -0.136. The molecule has 1 aliphatic carbocycles. The Bertz CT molecular complexity index is 2720. The van der Waals surface area contributed by atoms with Crippen LogP contribution in [0.25, 0.3) is 16.6 Å². The lowest BCUT2D eigenvalue weighted by atomic mass is 9.85. The molecule has 0 radical (unpaired) electrons. The normalized spacial score (nSPS) is 19.7. The van der Waals surface area contributed by atoms with Gasteiger partial charge in [0.05, 0.1) is 36.9 Å². The van der Waals surface area contributed by atoms with Gasteiger partial charge in [-0.1, -0.05) is 29.5 Å². The van der Waals surface area contributed by atoms with E-state index in [2.05, 4.69) is 53.9 Å². The number of piperidine rings is 1. The number of pyridine rings is 1. The molecule has 2 atom stereocenters. The molecule has 2 unspecified atom stereocenters. The van der Waals surface area contributed by atoms with Gasteiger partial charge in [-0.05, 0) is 78.8 Å². The van der Waals surface area contributed by atoms with Gasteiger partial charge < -0.3 is 19.9 Å². The van der Waals surface area contributed by atoms with E-state index in [1.54, 1.807) is 46.9 Å². The molecule has 64 heavy (non-hydrogen) atoms. The predicted octanol–water partition coefficient (Wildman–Crippen LogP) is 4.42. The predicted molar refractivity (Wildman–Crippen MR) is 240 cm³/mol. The SMILES string of the molecule is COc1cc(N2CCN(CCc3cccc4c3n(C)c(=O)n4C3CCC(=O)NC3=O)CC2)ccc1C1=CC(C2=CCCN(C(=O)CCn3ccnn3)C2)=C(F)C(Nc2ccccn2)C1. The molecule has 3 aromatic heterocycles. The minimum Gasteiger partial charge on any atom is -0.496 e. The number of hydrogen-bond acceptors (Lipinski definition) is 11. The zero-order valence-corrected chi connectivity index (χ0v) is 36.1. The second-order valence-corrected chi connectivity index (χ2v) is 16.7. The number of piperazine rings is 1. The number of allylic oxidation sites excluding steroid dienone is 1. The monoisotopic (exact) mass is 869 g/mol. The van der Waals surface area contributed by atoms with E-state index < -0.39 is 18.0 Å². The number of imide groups is 1. The van der Waals surface area contributed by atoms with Gasteiger partial charge in [-0.25, -0.2) is 14.2 Å². The van der Waals surface area contributed by atoms with E-state index in [-0.39, 0.29) is 36.2 Å². The van der Waals surface area contributed by atoms with Gasteiger partial charge in [0.15, 0.2) is 0 Å². The zero-order chi connectivity index (χ0) is 44.3. The minimum atomic E-state index is -0.723. The van der Waals surface area contributed by atoms with E-state index in [4.69, 9.17) is 4.74 Å². The van der Waals surface area contributed by atoms with Crippen LogP contribution in [0.2, 0.25) is 0 Å². The Kier molecular flexibility index (Phi) is 12.2. The first-order valence-electron chi connectivity index (χ1n) is 21.9. The van der Waals surface area contributed by atoms with Gasteiger partial charge in [0.1, 0.15) is 23.4 Å².